The van der Waals surface area contributed by atoms with Crippen molar-refractivity contribution in [2.24, 2.45) is 5.73 Å². The van der Waals surface area contributed by atoms with Crippen LogP contribution in [0.4, 0.5) is 4.79 Å². The molecule has 0 spiro atoms. The van der Waals surface area contributed by atoms with Crippen molar-refractivity contribution in [1.82, 2.24) is 10.2 Å². The van der Waals surface area contributed by atoms with Crippen LogP contribution in [0.15, 0.2) is 24.3 Å². The summed E-state index contributed by atoms with van der Waals surface area (Å²) in [5, 5.41) is 2.98. The number of urea groups is 1. The third kappa shape index (κ3) is 5.63. The number of methoxy groups -OCH3 is 1. The number of ether oxygens (including phenoxy) is 2. The number of nitrogens with one attached hydrogen (secondary N) is 1. The molecule has 0 radical (unpaired) electrons. The van der Waals surface area contributed by atoms with Crippen molar-refractivity contribution >= 4 is 11.9 Å². The Morgan fingerprint density at radius 2 is 2.04 bits per heavy atom. The number of rotatable bonds is 6. The molecule has 0 unspecified atom stereocenters. The van der Waals surface area contributed by atoms with E-state index in [2.05, 4.69) is 5.32 Å². The minimum Gasteiger partial charge on any atom is -0.497 e. The molecule has 25 heavy (non-hydrogen) atoms. The van der Waals surface area contributed by atoms with E-state index in [1.807, 2.05) is 38.1 Å². The molecule has 1 saturated heterocycles. The summed E-state index contributed by atoms with van der Waals surface area (Å²) in [5.41, 5.74) is 6.49. The molecule has 3 atom stereocenters. The molecule has 0 aliphatic carbocycles. The molecular weight excluding hydrogens is 322 g/mol. The molecule has 3 amide bonds. The number of nitrogens with zero attached hydrogens (tertiary/aromatic N) is 1. The molecule has 7 heteroatoms. The van der Waals surface area contributed by atoms with E-state index < -0.39 is 12.0 Å². The van der Waals surface area contributed by atoms with E-state index in [1.165, 1.54) is 5.56 Å². The quantitative estimate of drug-likeness (QED) is 0.809. The van der Waals surface area contributed by atoms with Gasteiger partial charge in [0.05, 0.1) is 19.8 Å². The number of benzene rings is 1. The highest BCUT2D eigenvalue weighted by Crippen LogP contribution is 2.14. The van der Waals surface area contributed by atoms with E-state index >= 15 is 0 Å². The van der Waals surface area contributed by atoms with Gasteiger partial charge in [0.25, 0.3) is 0 Å². The Labute approximate surface area is 148 Å². The summed E-state index contributed by atoms with van der Waals surface area (Å²) in [7, 11) is 1.64. The Hall–Kier alpha value is -2.28. The number of carbonyl (C=O) groups is 2. The monoisotopic (exact) mass is 349 g/mol. The molecule has 0 aromatic heterocycles. The van der Waals surface area contributed by atoms with Crippen molar-refractivity contribution in [1.29, 1.82) is 0 Å². The maximum atomic E-state index is 12.4. The van der Waals surface area contributed by atoms with Crippen LogP contribution >= 0.6 is 0 Å². The molecule has 1 aliphatic rings. The Bertz CT molecular complexity index is 590. The predicted octanol–water partition coefficient (Wildman–Crippen LogP) is 1.30. The number of aryl methyl sites for hydroxylation is 1. The van der Waals surface area contributed by atoms with Gasteiger partial charge in [-0.05, 0) is 44.4 Å². The van der Waals surface area contributed by atoms with Crippen LogP contribution in [0, 0.1) is 0 Å². The fourth-order valence-corrected chi connectivity index (χ4v) is 2.82. The Balaban J connectivity index is 1.81. The third-order valence-electron chi connectivity index (χ3n) is 4.26. The molecule has 1 aromatic carbocycles. The lowest BCUT2D eigenvalue weighted by molar-refractivity contribution is -0.139. The van der Waals surface area contributed by atoms with Crippen molar-refractivity contribution in [2.45, 2.75) is 44.9 Å². The lowest BCUT2D eigenvalue weighted by Gasteiger charge is -2.36. The highest BCUT2D eigenvalue weighted by atomic mass is 16.5. The minimum absolute atomic E-state index is 0.0137. The van der Waals surface area contributed by atoms with Crippen LogP contribution in [0.5, 0.6) is 5.75 Å². The average molecular weight is 349 g/mol. The van der Waals surface area contributed by atoms with Gasteiger partial charge >= 0.3 is 6.03 Å². The normalized spacial score (nSPS) is 21.5. The summed E-state index contributed by atoms with van der Waals surface area (Å²) in [6.45, 7) is 4.43. The Kier molecular flexibility index (Phi) is 6.64. The molecule has 1 fully saturated rings. The molecule has 0 saturated carbocycles. The van der Waals surface area contributed by atoms with Gasteiger partial charge in [-0.1, -0.05) is 12.1 Å². The van der Waals surface area contributed by atoms with E-state index in [4.69, 9.17) is 15.2 Å². The smallest absolute Gasteiger partial charge is 0.317 e. The SMILES string of the molecule is COc1ccc(CC[C@@H](C)NC(=O)N2C[C@@H](C)O[C@@H](C(N)=O)C2)cc1. The number of primary amides is 1. The fourth-order valence-electron chi connectivity index (χ4n) is 2.82. The van der Waals surface area contributed by atoms with Gasteiger partial charge in [0.2, 0.25) is 5.91 Å². The first kappa shape index (κ1) is 19.1. The summed E-state index contributed by atoms with van der Waals surface area (Å²) in [6, 6.07) is 7.72. The highest BCUT2D eigenvalue weighted by Gasteiger charge is 2.31. The summed E-state index contributed by atoms with van der Waals surface area (Å²) in [4.78, 5) is 25.3. The van der Waals surface area contributed by atoms with Crippen LogP contribution in [-0.4, -0.2) is 55.3 Å². The highest BCUT2D eigenvalue weighted by molar-refractivity contribution is 5.81. The van der Waals surface area contributed by atoms with Gasteiger partial charge in [-0.25, -0.2) is 4.79 Å². The fraction of sp³-hybridized carbons (Fsp3) is 0.556. The van der Waals surface area contributed by atoms with Gasteiger partial charge in [-0.2, -0.15) is 0 Å². The molecule has 3 N–H and O–H groups in total. The minimum atomic E-state index is -0.746. The van der Waals surface area contributed by atoms with Crippen molar-refractivity contribution in [3.63, 3.8) is 0 Å². The summed E-state index contributed by atoms with van der Waals surface area (Å²) >= 11 is 0. The largest absolute Gasteiger partial charge is 0.497 e. The molecule has 2 rings (SSSR count). The molecule has 1 aliphatic heterocycles. The van der Waals surface area contributed by atoms with Crippen molar-refractivity contribution in [2.75, 3.05) is 20.2 Å². The van der Waals surface area contributed by atoms with Gasteiger partial charge in [-0.3, -0.25) is 4.79 Å². The first-order chi connectivity index (χ1) is 11.9. The molecule has 7 nitrogen and oxygen atoms in total. The number of carbonyl (C=O) groups excluding carboxylic acids is 2. The second-order valence-electron chi connectivity index (χ2n) is 6.48. The summed E-state index contributed by atoms with van der Waals surface area (Å²) < 4.78 is 10.6. The Morgan fingerprint density at radius 3 is 2.64 bits per heavy atom. The van der Waals surface area contributed by atoms with Gasteiger partial charge < -0.3 is 25.4 Å². The lowest BCUT2D eigenvalue weighted by Crippen LogP contribution is -2.56. The number of hydrogen-bond acceptors (Lipinski definition) is 4. The molecule has 1 heterocycles. The van der Waals surface area contributed by atoms with Crippen LogP contribution < -0.4 is 15.8 Å². The molecule has 138 valence electrons. The number of amides is 3. The average Bonchev–Trinajstić information content (AvgIpc) is 2.59. The number of morpholine rings is 1. The molecule has 1 aromatic rings. The van der Waals surface area contributed by atoms with Crippen LogP contribution in [-0.2, 0) is 16.0 Å². The van der Waals surface area contributed by atoms with E-state index in [9.17, 15) is 9.59 Å². The Morgan fingerprint density at radius 1 is 1.36 bits per heavy atom. The lowest BCUT2D eigenvalue weighted by atomic mass is 10.1. The van der Waals surface area contributed by atoms with E-state index in [0.29, 0.717) is 6.54 Å². The van der Waals surface area contributed by atoms with E-state index in [1.54, 1.807) is 12.0 Å². The standard InChI is InChI=1S/C18H27N3O4/c1-12(4-5-14-6-8-15(24-3)9-7-14)20-18(23)21-10-13(2)25-16(11-21)17(19)22/h6-9,12-13,16H,4-5,10-11H2,1-3H3,(H2,19,22)(H,20,23)/t12-,13-,16-/m1/s1. The zero-order chi connectivity index (χ0) is 18.4. The van der Waals surface area contributed by atoms with Crippen LogP contribution in [0.2, 0.25) is 0 Å². The number of hydrogen-bond donors (Lipinski definition) is 2. The van der Waals surface area contributed by atoms with Crippen LogP contribution in [0.1, 0.15) is 25.8 Å². The predicted molar refractivity (Wildman–Crippen MR) is 94.4 cm³/mol. The topological polar surface area (TPSA) is 93.9 Å². The second-order valence-corrected chi connectivity index (χ2v) is 6.48. The third-order valence-corrected chi connectivity index (χ3v) is 4.26. The van der Waals surface area contributed by atoms with Crippen molar-refractivity contribution in [3.05, 3.63) is 29.8 Å². The van der Waals surface area contributed by atoms with E-state index in [-0.39, 0.29) is 24.7 Å². The number of nitrogens with two attached hydrogens (primary N) is 1. The first-order valence-electron chi connectivity index (χ1n) is 8.52. The summed E-state index contributed by atoms with van der Waals surface area (Å²) in [5.74, 6) is 0.285. The van der Waals surface area contributed by atoms with E-state index in [0.717, 1.165) is 18.6 Å². The van der Waals surface area contributed by atoms with Gasteiger partial charge in [0.1, 0.15) is 5.75 Å². The van der Waals surface area contributed by atoms with Crippen molar-refractivity contribution < 1.29 is 19.1 Å². The van der Waals surface area contributed by atoms with Crippen molar-refractivity contribution in [3.8, 4) is 5.75 Å². The zero-order valence-electron chi connectivity index (χ0n) is 15.0. The first-order valence-corrected chi connectivity index (χ1v) is 8.52. The van der Waals surface area contributed by atoms with Gasteiger partial charge in [-0.15, -0.1) is 0 Å². The maximum absolute atomic E-state index is 12.4. The van der Waals surface area contributed by atoms with Crippen LogP contribution in [0.25, 0.3) is 0 Å². The second kappa shape index (κ2) is 8.71. The van der Waals surface area contributed by atoms with Gasteiger partial charge in [0.15, 0.2) is 6.10 Å². The van der Waals surface area contributed by atoms with Crippen LogP contribution in [0.3, 0.4) is 0 Å². The van der Waals surface area contributed by atoms with Gasteiger partial charge in [0, 0.05) is 12.6 Å². The molecule has 0 bridgehead atoms. The molecular formula is C18H27N3O4. The summed E-state index contributed by atoms with van der Waals surface area (Å²) in [6.07, 6.45) is 0.710. The maximum Gasteiger partial charge on any atom is 0.317 e. The zero-order valence-corrected chi connectivity index (χ0v) is 15.0.